The zero-order chi connectivity index (χ0) is 15.2. The molecule has 0 aromatic carbocycles. The Labute approximate surface area is 119 Å². The average Bonchev–Trinajstić information content (AvgIpc) is 2.99. The number of rotatable bonds is 5. The van der Waals surface area contributed by atoms with Gasteiger partial charge in [0, 0.05) is 18.5 Å². The first kappa shape index (κ1) is 14.4. The highest BCUT2D eigenvalue weighted by molar-refractivity contribution is 5.95. The van der Waals surface area contributed by atoms with Gasteiger partial charge in [-0.05, 0) is 24.6 Å². The summed E-state index contributed by atoms with van der Waals surface area (Å²) in [5.41, 5.74) is 0.853. The Morgan fingerprint density at radius 2 is 2.24 bits per heavy atom. The smallest absolute Gasteiger partial charge is 0.328 e. The van der Waals surface area contributed by atoms with E-state index in [1.165, 1.54) is 24.8 Å². The van der Waals surface area contributed by atoms with Crippen LogP contribution in [0.4, 0.5) is 0 Å². The minimum absolute atomic E-state index is 0.328. The van der Waals surface area contributed by atoms with E-state index >= 15 is 0 Å². The van der Waals surface area contributed by atoms with E-state index in [1.807, 2.05) is 0 Å². The number of nitrogens with one attached hydrogen (secondary N) is 2. The summed E-state index contributed by atoms with van der Waals surface area (Å²) in [7, 11) is 0. The van der Waals surface area contributed by atoms with E-state index in [1.54, 1.807) is 13.0 Å². The Balaban J connectivity index is 2.09. The normalized spacial score (nSPS) is 12.2. The maximum Gasteiger partial charge on any atom is 0.328 e. The largest absolute Gasteiger partial charge is 0.478 e. The first-order valence-electron chi connectivity index (χ1n) is 6.08. The molecule has 1 atom stereocenters. The van der Waals surface area contributed by atoms with Gasteiger partial charge in [-0.15, -0.1) is 0 Å². The molecule has 1 amide bonds. The fourth-order valence-corrected chi connectivity index (χ4v) is 1.61. The molecule has 0 bridgehead atoms. The van der Waals surface area contributed by atoms with E-state index < -0.39 is 5.97 Å². The molecule has 8 nitrogen and oxygen atoms in total. The molecule has 0 saturated heterocycles. The number of hydrogen-bond acceptors (Lipinski definition) is 5. The van der Waals surface area contributed by atoms with Crippen molar-refractivity contribution in [3.05, 3.63) is 47.8 Å². The highest BCUT2D eigenvalue weighted by Crippen LogP contribution is 2.09. The minimum Gasteiger partial charge on any atom is -0.478 e. The number of carboxylic acids is 1. The lowest BCUT2D eigenvalue weighted by atomic mass is 10.1. The summed E-state index contributed by atoms with van der Waals surface area (Å²) < 4.78 is 0. The van der Waals surface area contributed by atoms with Crippen molar-refractivity contribution in [1.82, 2.24) is 25.5 Å². The summed E-state index contributed by atoms with van der Waals surface area (Å²) in [4.78, 5) is 30.4. The van der Waals surface area contributed by atoms with Crippen LogP contribution < -0.4 is 5.32 Å². The molecule has 0 saturated carbocycles. The number of pyridine rings is 1. The maximum absolute atomic E-state index is 12.1. The highest BCUT2D eigenvalue weighted by atomic mass is 16.4. The van der Waals surface area contributed by atoms with Crippen molar-refractivity contribution in [2.24, 2.45) is 0 Å². The second kappa shape index (κ2) is 6.42. The molecule has 0 aliphatic heterocycles. The lowest BCUT2D eigenvalue weighted by Crippen LogP contribution is -2.27. The zero-order valence-electron chi connectivity index (χ0n) is 11.1. The van der Waals surface area contributed by atoms with Crippen LogP contribution in [-0.4, -0.2) is 37.1 Å². The van der Waals surface area contributed by atoms with E-state index in [9.17, 15) is 9.59 Å². The van der Waals surface area contributed by atoms with Crippen LogP contribution >= 0.6 is 0 Å². The van der Waals surface area contributed by atoms with Crippen LogP contribution in [0.25, 0.3) is 6.08 Å². The fourth-order valence-electron chi connectivity index (χ4n) is 1.61. The monoisotopic (exact) mass is 287 g/mol. The molecule has 2 rings (SSSR count). The summed E-state index contributed by atoms with van der Waals surface area (Å²) in [6, 6.07) is 1.22. The SMILES string of the molecule is CC(NC(=O)c1cncc(/C=C/C(=O)O)c1)c1ncn[nH]1. The maximum atomic E-state index is 12.1. The van der Waals surface area contributed by atoms with Crippen molar-refractivity contribution in [2.75, 3.05) is 0 Å². The average molecular weight is 287 g/mol. The van der Waals surface area contributed by atoms with Crippen LogP contribution in [0.1, 0.15) is 34.7 Å². The molecule has 2 aromatic rings. The molecule has 1 unspecified atom stereocenters. The highest BCUT2D eigenvalue weighted by Gasteiger charge is 2.13. The van der Waals surface area contributed by atoms with Crippen molar-refractivity contribution < 1.29 is 14.7 Å². The fraction of sp³-hybridized carbons (Fsp3) is 0.154. The molecule has 0 aliphatic rings. The zero-order valence-corrected chi connectivity index (χ0v) is 11.1. The predicted octanol–water partition coefficient (Wildman–Crippen LogP) is 0.788. The van der Waals surface area contributed by atoms with Crippen LogP contribution in [0.5, 0.6) is 0 Å². The molecule has 21 heavy (non-hydrogen) atoms. The Morgan fingerprint density at radius 1 is 1.43 bits per heavy atom. The van der Waals surface area contributed by atoms with Gasteiger partial charge >= 0.3 is 5.97 Å². The number of aromatic nitrogens is 4. The van der Waals surface area contributed by atoms with Crippen molar-refractivity contribution in [3.8, 4) is 0 Å². The third-order valence-electron chi connectivity index (χ3n) is 2.63. The molecule has 2 aromatic heterocycles. The van der Waals surface area contributed by atoms with E-state index in [-0.39, 0.29) is 11.9 Å². The summed E-state index contributed by atoms with van der Waals surface area (Å²) in [5.74, 6) is -0.862. The molecule has 0 spiro atoms. The molecule has 0 radical (unpaired) electrons. The summed E-state index contributed by atoms with van der Waals surface area (Å²) in [5, 5.41) is 17.7. The van der Waals surface area contributed by atoms with Crippen molar-refractivity contribution in [2.45, 2.75) is 13.0 Å². The number of carbonyl (C=O) groups excluding carboxylic acids is 1. The second-order valence-electron chi connectivity index (χ2n) is 4.24. The van der Waals surface area contributed by atoms with Gasteiger partial charge in [0.25, 0.3) is 5.91 Å². The number of H-pyrrole nitrogens is 1. The topological polar surface area (TPSA) is 121 Å². The molecule has 0 fully saturated rings. The number of amides is 1. The first-order valence-corrected chi connectivity index (χ1v) is 6.08. The van der Waals surface area contributed by atoms with Gasteiger partial charge in [-0.2, -0.15) is 5.10 Å². The molecule has 3 N–H and O–H groups in total. The van der Waals surface area contributed by atoms with Crippen LogP contribution in [0.2, 0.25) is 0 Å². The third-order valence-corrected chi connectivity index (χ3v) is 2.63. The van der Waals surface area contributed by atoms with E-state index in [4.69, 9.17) is 5.11 Å². The van der Waals surface area contributed by atoms with Gasteiger partial charge < -0.3 is 10.4 Å². The van der Waals surface area contributed by atoms with Gasteiger partial charge in [-0.1, -0.05) is 0 Å². The number of nitrogens with zero attached hydrogens (tertiary/aromatic N) is 3. The second-order valence-corrected chi connectivity index (χ2v) is 4.24. The van der Waals surface area contributed by atoms with Crippen LogP contribution in [0.15, 0.2) is 30.9 Å². The predicted molar refractivity (Wildman–Crippen MR) is 73.2 cm³/mol. The van der Waals surface area contributed by atoms with Crippen molar-refractivity contribution in [1.29, 1.82) is 0 Å². The van der Waals surface area contributed by atoms with Gasteiger partial charge in [-0.3, -0.25) is 14.9 Å². The van der Waals surface area contributed by atoms with E-state index in [0.29, 0.717) is 17.0 Å². The van der Waals surface area contributed by atoms with E-state index in [0.717, 1.165) is 6.08 Å². The molecule has 2 heterocycles. The Kier molecular flexibility index (Phi) is 4.39. The van der Waals surface area contributed by atoms with E-state index in [2.05, 4.69) is 25.5 Å². The van der Waals surface area contributed by atoms with Crippen molar-refractivity contribution >= 4 is 18.0 Å². The quantitative estimate of drug-likeness (QED) is 0.699. The molecule has 8 heteroatoms. The Hall–Kier alpha value is -3.03. The number of aliphatic carboxylic acids is 1. The van der Waals surface area contributed by atoms with Gasteiger partial charge in [0.05, 0.1) is 11.6 Å². The standard InChI is InChI=1S/C13H13N5O3/c1-8(12-15-7-16-18-12)17-13(21)10-4-9(5-14-6-10)2-3-11(19)20/h2-8H,1H3,(H,17,21)(H,19,20)(H,15,16,18)/b3-2+. The molecular weight excluding hydrogens is 274 g/mol. The summed E-state index contributed by atoms with van der Waals surface area (Å²) in [6.45, 7) is 1.76. The minimum atomic E-state index is -1.07. The number of hydrogen-bond donors (Lipinski definition) is 3. The number of aromatic amines is 1. The van der Waals surface area contributed by atoms with Gasteiger partial charge in [0.15, 0.2) is 0 Å². The molecule has 108 valence electrons. The van der Waals surface area contributed by atoms with Crippen molar-refractivity contribution in [3.63, 3.8) is 0 Å². The van der Waals surface area contributed by atoms with Crippen LogP contribution in [0.3, 0.4) is 0 Å². The number of carboxylic acid groups (broad SMARTS) is 1. The third kappa shape index (κ3) is 3.96. The number of carbonyl (C=O) groups is 2. The lowest BCUT2D eigenvalue weighted by molar-refractivity contribution is -0.131. The summed E-state index contributed by atoms with van der Waals surface area (Å²) in [6.07, 6.45) is 6.58. The lowest BCUT2D eigenvalue weighted by Gasteiger charge is -2.10. The Morgan fingerprint density at radius 3 is 2.90 bits per heavy atom. The van der Waals surface area contributed by atoms with Crippen LogP contribution in [0, 0.1) is 0 Å². The van der Waals surface area contributed by atoms with Gasteiger partial charge in [0.2, 0.25) is 0 Å². The van der Waals surface area contributed by atoms with Crippen LogP contribution in [-0.2, 0) is 4.79 Å². The molecule has 0 aliphatic carbocycles. The summed E-state index contributed by atoms with van der Waals surface area (Å²) >= 11 is 0. The first-order chi connectivity index (χ1) is 10.1. The van der Waals surface area contributed by atoms with Gasteiger partial charge in [0.1, 0.15) is 12.2 Å². The molecular formula is C13H13N5O3. The van der Waals surface area contributed by atoms with Gasteiger partial charge in [-0.25, -0.2) is 9.78 Å². The Bertz CT molecular complexity index is 666.